The van der Waals surface area contributed by atoms with E-state index in [-0.39, 0.29) is 12.4 Å². The Labute approximate surface area is 136 Å². The van der Waals surface area contributed by atoms with Crippen LogP contribution >= 0.6 is 11.3 Å². The summed E-state index contributed by atoms with van der Waals surface area (Å²) in [5.74, 6) is 1.78. The summed E-state index contributed by atoms with van der Waals surface area (Å²) in [7, 11) is 1.58. The molecule has 0 radical (unpaired) electrons. The number of aromatic nitrogens is 2. The second-order valence-corrected chi connectivity index (χ2v) is 5.59. The number of methoxy groups -OCH3 is 1. The van der Waals surface area contributed by atoms with E-state index in [1.54, 1.807) is 31.4 Å². The maximum atomic E-state index is 11.8. The van der Waals surface area contributed by atoms with Crippen molar-refractivity contribution < 1.29 is 18.8 Å². The number of thiophene rings is 1. The Morgan fingerprint density at radius 3 is 2.70 bits per heavy atom. The summed E-state index contributed by atoms with van der Waals surface area (Å²) in [5, 5.41) is 5.84. The molecule has 2 heterocycles. The molecule has 0 atom stereocenters. The van der Waals surface area contributed by atoms with Gasteiger partial charge in [0.15, 0.2) is 0 Å². The third-order valence-corrected chi connectivity index (χ3v) is 3.91. The summed E-state index contributed by atoms with van der Waals surface area (Å²) in [6.45, 7) is 0. The molecular weight excluding hydrogens is 316 g/mol. The number of esters is 1. The van der Waals surface area contributed by atoms with Gasteiger partial charge >= 0.3 is 5.97 Å². The van der Waals surface area contributed by atoms with E-state index in [1.807, 2.05) is 17.5 Å². The fourth-order valence-corrected chi connectivity index (χ4v) is 2.55. The lowest BCUT2D eigenvalue weighted by Gasteiger charge is -2.04. The number of aryl methyl sites for hydroxylation is 1. The van der Waals surface area contributed by atoms with Crippen molar-refractivity contribution in [3.8, 4) is 22.2 Å². The maximum absolute atomic E-state index is 11.8. The molecule has 0 bridgehead atoms. The molecule has 0 saturated carbocycles. The highest BCUT2D eigenvalue weighted by Gasteiger charge is 2.12. The molecule has 6 nitrogen and oxygen atoms in total. The quantitative estimate of drug-likeness (QED) is 0.510. The van der Waals surface area contributed by atoms with E-state index in [1.165, 1.54) is 11.3 Å². The van der Waals surface area contributed by atoms with Gasteiger partial charge in [0, 0.05) is 6.42 Å². The molecule has 118 valence electrons. The molecule has 0 saturated heterocycles. The van der Waals surface area contributed by atoms with E-state index < -0.39 is 0 Å². The Hall–Kier alpha value is -2.67. The number of nitrogens with zero attached hydrogens (tertiary/aromatic N) is 2. The third-order valence-electron chi connectivity index (χ3n) is 3.04. The van der Waals surface area contributed by atoms with Crippen LogP contribution < -0.4 is 9.47 Å². The molecular formula is C16H14N2O4S. The van der Waals surface area contributed by atoms with Gasteiger partial charge in [-0.05, 0) is 35.7 Å². The number of carbonyl (C=O) groups excluding carboxylic acids is 1. The maximum Gasteiger partial charge on any atom is 0.311 e. The molecule has 0 amide bonds. The smallest absolute Gasteiger partial charge is 0.311 e. The fourth-order valence-electron chi connectivity index (χ4n) is 1.90. The van der Waals surface area contributed by atoms with Crippen molar-refractivity contribution in [1.29, 1.82) is 0 Å². The van der Waals surface area contributed by atoms with E-state index >= 15 is 0 Å². The van der Waals surface area contributed by atoms with Gasteiger partial charge in [0.1, 0.15) is 11.5 Å². The fraction of sp³-hybridized carbons (Fsp3) is 0.188. The first-order valence-electron chi connectivity index (χ1n) is 6.96. The van der Waals surface area contributed by atoms with Gasteiger partial charge in [-0.2, -0.15) is 4.98 Å². The Bertz CT molecular complexity index is 766. The molecule has 0 unspecified atom stereocenters. The minimum atomic E-state index is -0.356. The Balaban J connectivity index is 1.52. The number of hydrogen-bond donors (Lipinski definition) is 0. The van der Waals surface area contributed by atoms with Gasteiger partial charge in [-0.3, -0.25) is 4.79 Å². The number of ether oxygens (including phenoxy) is 2. The predicted molar refractivity (Wildman–Crippen MR) is 84.6 cm³/mol. The standard InChI is InChI=1S/C16H14N2O4S/c1-20-11-4-6-12(7-5-11)21-15(19)9-8-14-17-16(18-22-14)13-3-2-10-23-13/h2-7,10H,8-9H2,1H3. The average molecular weight is 330 g/mol. The Morgan fingerprint density at radius 1 is 1.22 bits per heavy atom. The van der Waals surface area contributed by atoms with Gasteiger partial charge in [-0.15, -0.1) is 11.3 Å². The molecule has 0 N–H and O–H groups in total. The van der Waals surface area contributed by atoms with Crippen LogP contribution in [0.25, 0.3) is 10.7 Å². The topological polar surface area (TPSA) is 74.5 Å². The van der Waals surface area contributed by atoms with E-state index in [2.05, 4.69) is 10.1 Å². The number of carbonyl (C=O) groups is 1. The van der Waals surface area contributed by atoms with Crippen LogP contribution in [-0.4, -0.2) is 23.2 Å². The lowest BCUT2D eigenvalue weighted by Crippen LogP contribution is -2.09. The minimum Gasteiger partial charge on any atom is -0.497 e. The molecule has 23 heavy (non-hydrogen) atoms. The van der Waals surface area contributed by atoms with Crippen LogP contribution in [0.1, 0.15) is 12.3 Å². The molecule has 0 fully saturated rings. The second-order valence-electron chi connectivity index (χ2n) is 4.64. The van der Waals surface area contributed by atoms with Crippen molar-refractivity contribution in [3.63, 3.8) is 0 Å². The lowest BCUT2D eigenvalue weighted by molar-refractivity contribution is -0.134. The van der Waals surface area contributed by atoms with Gasteiger partial charge in [0.05, 0.1) is 18.4 Å². The summed E-state index contributed by atoms with van der Waals surface area (Å²) in [6.07, 6.45) is 0.505. The summed E-state index contributed by atoms with van der Waals surface area (Å²) in [6, 6.07) is 10.7. The van der Waals surface area contributed by atoms with E-state index in [0.717, 1.165) is 4.88 Å². The number of rotatable bonds is 6. The van der Waals surface area contributed by atoms with Gasteiger partial charge in [0.25, 0.3) is 0 Å². The highest BCUT2D eigenvalue weighted by Crippen LogP contribution is 2.22. The van der Waals surface area contributed by atoms with Crippen LogP contribution in [0.3, 0.4) is 0 Å². The first kappa shape index (κ1) is 15.2. The minimum absolute atomic E-state index is 0.165. The van der Waals surface area contributed by atoms with Crippen molar-refractivity contribution in [3.05, 3.63) is 47.7 Å². The Kier molecular flexibility index (Phi) is 4.68. The molecule has 3 rings (SSSR count). The predicted octanol–water partition coefficient (Wildman–Crippen LogP) is 3.34. The zero-order chi connectivity index (χ0) is 16.1. The Morgan fingerprint density at radius 2 is 2.00 bits per heavy atom. The van der Waals surface area contributed by atoms with Gasteiger partial charge in [0.2, 0.25) is 11.7 Å². The van der Waals surface area contributed by atoms with Crippen molar-refractivity contribution >= 4 is 17.3 Å². The average Bonchev–Trinajstić information content (AvgIpc) is 3.25. The van der Waals surface area contributed by atoms with Crippen molar-refractivity contribution in [2.24, 2.45) is 0 Å². The zero-order valence-electron chi connectivity index (χ0n) is 12.4. The van der Waals surface area contributed by atoms with Gasteiger partial charge < -0.3 is 14.0 Å². The van der Waals surface area contributed by atoms with Crippen LogP contribution in [0.5, 0.6) is 11.5 Å². The van der Waals surface area contributed by atoms with Gasteiger partial charge in [-0.25, -0.2) is 0 Å². The number of hydrogen-bond acceptors (Lipinski definition) is 7. The summed E-state index contributed by atoms with van der Waals surface area (Å²) in [4.78, 5) is 17.0. The van der Waals surface area contributed by atoms with Crippen LogP contribution in [0.4, 0.5) is 0 Å². The molecule has 0 aliphatic heterocycles. The van der Waals surface area contributed by atoms with Crippen LogP contribution in [0, 0.1) is 0 Å². The first-order valence-corrected chi connectivity index (χ1v) is 7.84. The highest BCUT2D eigenvalue weighted by atomic mass is 32.1. The SMILES string of the molecule is COc1ccc(OC(=O)CCc2nc(-c3cccs3)no2)cc1. The molecule has 0 spiro atoms. The van der Waals surface area contributed by atoms with Crippen LogP contribution in [-0.2, 0) is 11.2 Å². The summed E-state index contributed by atoms with van der Waals surface area (Å²) >= 11 is 1.53. The van der Waals surface area contributed by atoms with E-state index in [4.69, 9.17) is 14.0 Å². The summed E-state index contributed by atoms with van der Waals surface area (Å²) in [5.41, 5.74) is 0. The molecule has 1 aromatic carbocycles. The molecule has 2 aromatic heterocycles. The molecule has 0 aliphatic rings. The van der Waals surface area contributed by atoms with E-state index in [0.29, 0.717) is 29.6 Å². The van der Waals surface area contributed by atoms with E-state index in [9.17, 15) is 4.79 Å². The van der Waals surface area contributed by atoms with Crippen LogP contribution in [0.2, 0.25) is 0 Å². The normalized spacial score (nSPS) is 10.5. The lowest BCUT2D eigenvalue weighted by atomic mass is 10.3. The zero-order valence-corrected chi connectivity index (χ0v) is 13.2. The molecule has 0 aliphatic carbocycles. The molecule has 3 aromatic rings. The highest BCUT2D eigenvalue weighted by molar-refractivity contribution is 7.13. The monoisotopic (exact) mass is 330 g/mol. The van der Waals surface area contributed by atoms with Crippen molar-refractivity contribution in [1.82, 2.24) is 10.1 Å². The largest absolute Gasteiger partial charge is 0.497 e. The third kappa shape index (κ3) is 3.95. The first-order chi connectivity index (χ1) is 11.2. The summed E-state index contributed by atoms with van der Waals surface area (Å²) < 4.78 is 15.4. The van der Waals surface area contributed by atoms with Gasteiger partial charge in [-0.1, -0.05) is 11.2 Å². The van der Waals surface area contributed by atoms with Crippen molar-refractivity contribution in [2.75, 3.05) is 7.11 Å². The second kappa shape index (κ2) is 7.06. The molecule has 7 heteroatoms. The number of benzene rings is 1. The van der Waals surface area contributed by atoms with Crippen LogP contribution in [0.15, 0.2) is 46.3 Å². The van der Waals surface area contributed by atoms with Crippen molar-refractivity contribution in [2.45, 2.75) is 12.8 Å².